The van der Waals surface area contributed by atoms with E-state index in [2.05, 4.69) is 5.32 Å². The van der Waals surface area contributed by atoms with Gasteiger partial charge in [-0.2, -0.15) is 0 Å². The van der Waals surface area contributed by atoms with Crippen molar-refractivity contribution in [3.05, 3.63) is 36.2 Å². The molecule has 0 aliphatic carbocycles. The van der Waals surface area contributed by atoms with Crippen LogP contribution in [-0.2, 0) is 24.0 Å². The lowest BCUT2D eigenvalue weighted by Crippen LogP contribution is -2.44. The van der Waals surface area contributed by atoms with E-state index in [1.165, 1.54) is 31.4 Å². The van der Waals surface area contributed by atoms with Gasteiger partial charge >= 0.3 is 6.09 Å². The van der Waals surface area contributed by atoms with Crippen LogP contribution in [0.3, 0.4) is 0 Å². The minimum atomic E-state index is -3.59. The average molecular weight is 474 g/mol. The van der Waals surface area contributed by atoms with Crippen molar-refractivity contribution in [1.29, 1.82) is 0 Å². The maximum absolute atomic E-state index is 13.1. The molecule has 0 spiro atoms. The number of nitrogens with one attached hydrogen (secondary N) is 1. The molecule has 0 radical (unpaired) electrons. The Hall–Kier alpha value is -2.17. The second-order valence-electron chi connectivity index (χ2n) is 8.64. The molecular formula is C22H32FNO7S. The minimum Gasteiger partial charge on any atom is -0.489 e. The summed E-state index contributed by atoms with van der Waals surface area (Å²) in [5.41, 5.74) is -1.22. The Bertz CT molecular complexity index is 886. The highest BCUT2D eigenvalue weighted by Crippen LogP contribution is 2.29. The maximum atomic E-state index is 13.1. The third kappa shape index (κ3) is 8.07. The Morgan fingerprint density at radius 2 is 1.84 bits per heavy atom. The quantitative estimate of drug-likeness (QED) is 0.587. The van der Waals surface area contributed by atoms with Gasteiger partial charge in [-0.15, -0.1) is 0 Å². The highest BCUT2D eigenvalue weighted by Gasteiger charge is 2.38. The van der Waals surface area contributed by atoms with Gasteiger partial charge in [0.15, 0.2) is 9.84 Å². The zero-order chi connectivity index (χ0) is 23.8. The number of methoxy groups -OCH3 is 1. The van der Waals surface area contributed by atoms with Crippen LogP contribution in [0.4, 0.5) is 9.18 Å². The molecule has 8 nitrogen and oxygen atoms in total. The summed E-state index contributed by atoms with van der Waals surface area (Å²) in [4.78, 5) is 11.8. The van der Waals surface area contributed by atoms with Gasteiger partial charge in [-0.1, -0.05) is 0 Å². The monoisotopic (exact) mass is 473 g/mol. The third-order valence-electron chi connectivity index (χ3n) is 4.91. The molecule has 1 aromatic carbocycles. The Labute approximate surface area is 189 Å². The number of hydrogen-bond donors (Lipinski definition) is 1. The van der Waals surface area contributed by atoms with Crippen LogP contribution in [0.1, 0.15) is 33.6 Å². The highest BCUT2D eigenvalue weighted by molar-refractivity contribution is 7.91. The van der Waals surface area contributed by atoms with Gasteiger partial charge in [0, 0.05) is 45.3 Å². The number of ether oxygens (including phenoxy) is 4. The number of carbonyl (C=O) groups excluding carboxylic acids is 1. The van der Waals surface area contributed by atoms with Crippen molar-refractivity contribution >= 4 is 15.9 Å². The smallest absolute Gasteiger partial charge is 0.407 e. The fraction of sp³-hybridized carbons (Fsp3) is 0.591. The summed E-state index contributed by atoms with van der Waals surface area (Å²) < 4.78 is 60.3. The number of sulfone groups is 1. The molecule has 1 N–H and O–H groups in total. The molecule has 10 heteroatoms. The van der Waals surface area contributed by atoms with Crippen LogP contribution in [0.15, 0.2) is 41.1 Å². The van der Waals surface area contributed by atoms with Gasteiger partial charge in [-0.25, -0.2) is 17.6 Å². The summed E-state index contributed by atoms with van der Waals surface area (Å²) in [7, 11) is -2.07. The first-order chi connectivity index (χ1) is 15.0. The van der Waals surface area contributed by atoms with Crippen molar-refractivity contribution in [2.45, 2.75) is 49.7 Å². The molecule has 1 fully saturated rings. The van der Waals surface area contributed by atoms with Crippen molar-refractivity contribution in [3.63, 3.8) is 0 Å². The van der Waals surface area contributed by atoms with Crippen molar-refractivity contribution in [1.82, 2.24) is 5.32 Å². The lowest BCUT2D eigenvalue weighted by atomic mass is 9.97. The van der Waals surface area contributed by atoms with Crippen LogP contribution in [0.25, 0.3) is 0 Å². The topological polar surface area (TPSA) is 100 Å². The minimum absolute atomic E-state index is 0.0826. The van der Waals surface area contributed by atoms with Crippen LogP contribution in [0, 0.1) is 0 Å². The molecule has 0 saturated carbocycles. The van der Waals surface area contributed by atoms with E-state index in [-0.39, 0.29) is 29.4 Å². The van der Waals surface area contributed by atoms with Gasteiger partial charge in [-0.05, 0) is 45.0 Å². The van der Waals surface area contributed by atoms with Gasteiger partial charge < -0.3 is 24.3 Å². The van der Waals surface area contributed by atoms with E-state index in [9.17, 15) is 17.6 Å². The molecule has 1 amide bonds. The van der Waals surface area contributed by atoms with Gasteiger partial charge in [0.05, 0.1) is 22.6 Å². The molecule has 0 aromatic heterocycles. The SMILES string of the molecule is COC1(CS(=O)(=O)c2ccc(OC/C(=C/F)CNC(=O)OC(C)(C)C)cc2)CCOCC1. The normalized spacial score (nSPS) is 17.0. The average Bonchev–Trinajstić information content (AvgIpc) is 2.73. The molecule has 0 bridgehead atoms. The number of hydrogen-bond acceptors (Lipinski definition) is 7. The highest BCUT2D eigenvalue weighted by atomic mass is 32.2. The van der Waals surface area contributed by atoms with Crippen molar-refractivity contribution in [3.8, 4) is 5.75 Å². The molecule has 1 aliphatic heterocycles. The zero-order valence-electron chi connectivity index (χ0n) is 19.0. The second kappa shape index (κ2) is 11.1. The molecule has 1 heterocycles. The third-order valence-corrected chi connectivity index (χ3v) is 6.81. The van der Waals surface area contributed by atoms with E-state index in [1.54, 1.807) is 20.8 Å². The molecular weight excluding hydrogens is 441 g/mol. The van der Waals surface area contributed by atoms with Crippen LogP contribution in [-0.4, -0.2) is 64.9 Å². The first-order valence-corrected chi connectivity index (χ1v) is 12.0. The number of alkyl carbamates (subject to hydrolysis) is 1. The van der Waals surface area contributed by atoms with Gasteiger partial charge in [0.1, 0.15) is 18.0 Å². The van der Waals surface area contributed by atoms with Crippen molar-refractivity contribution < 1.29 is 36.6 Å². The predicted octanol–water partition coefficient (Wildman–Crippen LogP) is 3.41. The van der Waals surface area contributed by atoms with E-state index in [1.807, 2.05) is 0 Å². The Balaban J connectivity index is 1.92. The van der Waals surface area contributed by atoms with E-state index in [0.29, 0.717) is 38.1 Å². The van der Waals surface area contributed by atoms with E-state index in [4.69, 9.17) is 18.9 Å². The standard InChI is InChI=1S/C22H32FNO7S/c1-21(2,3)31-20(25)24-14-17(13-23)15-30-18-5-7-19(8-6-18)32(26,27)16-22(28-4)9-11-29-12-10-22/h5-8,13H,9-12,14-16H2,1-4H3,(H,24,25)/b17-13+. The zero-order valence-corrected chi connectivity index (χ0v) is 19.8. The van der Waals surface area contributed by atoms with E-state index < -0.39 is 27.1 Å². The van der Waals surface area contributed by atoms with Gasteiger partial charge in [0.2, 0.25) is 0 Å². The fourth-order valence-corrected chi connectivity index (χ4v) is 4.94. The Kier molecular flexibility index (Phi) is 9.06. The fourth-order valence-electron chi connectivity index (χ4n) is 3.12. The van der Waals surface area contributed by atoms with Crippen LogP contribution in [0.2, 0.25) is 0 Å². The molecule has 2 rings (SSSR count). The summed E-state index contributed by atoms with van der Waals surface area (Å²) in [5, 5.41) is 2.45. The second-order valence-corrected chi connectivity index (χ2v) is 10.6. The number of amides is 1. The van der Waals surface area contributed by atoms with Gasteiger partial charge in [0.25, 0.3) is 0 Å². The molecule has 180 valence electrons. The summed E-state index contributed by atoms with van der Waals surface area (Å²) in [6.45, 7) is 5.90. The van der Waals surface area contributed by atoms with E-state index >= 15 is 0 Å². The van der Waals surface area contributed by atoms with Crippen molar-refractivity contribution in [2.24, 2.45) is 0 Å². The lowest BCUT2D eigenvalue weighted by molar-refractivity contribution is -0.0750. The number of rotatable bonds is 9. The first-order valence-electron chi connectivity index (χ1n) is 10.3. The molecule has 32 heavy (non-hydrogen) atoms. The lowest BCUT2D eigenvalue weighted by Gasteiger charge is -2.35. The predicted molar refractivity (Wildman–Crippen MR) is 117 cm³/mol. The maximum Gasteiger partial charge on any atom is 0.407 e. The summed E-state index contributed by atoms with van der Waals surface area (Å²) >= 11 is 0. The van der Waals surface area contributed by atoms with Gasteiger partial charge in [-0.3, -0.25) is 0 Å². The number of halogens is 1. The van der Waals surface area contributed by atoms with Crippen LogP contribution >= 0.6 is 0 Å². The molecule has 1 aromatic rings. The Morgan fingerprint density at radius 1 is 1.22 bits per heavy atom. The first kappa shape index (κ1) is 26.1. The van der Waals surface area contributed by atoms with Crippen LogP contribution in [0.5, 0.6) is 5.75 Å². The molecule has 0 atom stereocenters. The van der Waals surface area contributed by atoms with Crippen molar-refractivity contribution in [2.75, 3.05) is 39.2 Å². The summed E-state index contributed by atoms with van der Waals surface area (Å²) in [6.07, 6.45) is 0.720. The number of carbonyl (C=O) groups is 1. The summed E-state index contributed by atoms with van der Waals surface area (Å²) in [5.74, 6) is 0.235. The Morgan fingerprint density at radius 3 is 2.38 bits per heavy atom. The van der Waals surface area contributed by atoms with Crippen LogP contribution < -0.4 is 10.1 Å². The number of benzene rings is 1. The summed E-state index contributed by atoms with van der Waals surface area (Å²) in [6, 6.07) is 5.91. The molecule has 1 saturated heterocycles. The largest absolute Gasteiger partial charge is 0.489 e. The molecule has 1 aliphatic rings. The van der Waals surface area contributed by atoms with E-state index in [0.717, 1.165) is 0 Å². The molecule has 0 unspecified atom stereocenters.